The van der Waals surface area contributed by atoms with Crippen molar-refractivity contribution in [3.63, 3.8) is 0 Å². The van der Waals surface area contributed by atoms with Crippen LogP contribution in [0.15, 0.2) is 24.4 Å². The number of rotatable bonds is 2. The van der Waals surface area contributed by atoms with Crippen molar-refractivity contribution < 1.29 is 14.8 Å². The number of aromatic nitrogens is 2. The van der Waals surface area contributed by atoms with Gasteiger partial charge in [-0.1, -0.05) is 6.07 Å². The van der Waals surface area contributed by atoms with Gasteiger partial charge in [0.2, 0.25) is 5.91 Å². The SMILES string of the molecule is Cc1nn(C)cc1N1CC[C@]2(CCc3cc(C(=O)NO)ccc3C2)C1=O. The molecule has 1 aromatic heterocycles. The number of amides is 2. The van der Waals surface area contributed by atoms with Gasteiger partial charge in [-0.25, -0.2) is 5.48 Å². The van der Waals surface area contributed by atoms with Gasteiger partial charge in [-0.05, 0) is 55.9 Å². The molecule has 4 rings (SSSR count). The number of nitrogens with zero attached hydrogens (tertiary/aromatic N) is 3. The Morgan fingerprint density at radius 2 is 2.12 bits per heavy atom. The molecule has 1 saturated heterocycles. The van der Waals surface area contributed by atoms with Crippen molar-refractivity contribution in [2.24, 2.45) is 12.5 Å². The second-order valence-corrected chi connectivity index (χ2v) is 7.36. The molecule has 0 bridgehead atoms. The van der Waals surface area contributed by atoms with Crippen LogP contribution in [-0.4, -0.2) is 33.3 Å². The van der Waals surface area contributed by atoms with E-state index in [1.54, 1.807) is 16.2 Å². The highest BCUT2D eigenvalue weighted by Gasteiger charge is 2.49. The number of fused-ring (bicyclic) bond motifs is 1. The maximum Gasteiger partial charge on any atom is 0.274 e. The summed E-state index contributed by atoms with van der Waals surface area (Å²) in [6, 6.07) is 5.42. The largest absolute Gasteiger partial charge is 0.309 e. The number of aryl methyl sites for hydroxylation is 3. The van der Waals surface area contributed by atoms with Crippen LogP contribution >= 0.6 is 0 Å². The third kappa shape index (κ3) is 2.50. The molecule has 0 saturated carbocycles. The van der Waals surface area contributed by atoms with Crippen molar-refractivity contribution >= 4 is 17.5 Å². The van der Waals surface area contributed by atoms with E-state index in [4.69, 9.17) is 5.21 Å². The van der Waals surface area contributed by atoms with Crippen LogP contribution in [0.4, 0.5) is 5.69 Å². The Morgan fingerprint density at radius 1 is 1.31 bits per heavy atom. The molecule has 26 heavy (non-hydrogen) atoms. The lowest BCUT2D eigenvalue weighted by Crippen LogP contribution is -2.39. The molecular weight excluding hydrogens is 332 g/mol. The second-order valence-electron chi connectivity index (χ2n) is 7.36. The first-order valence-electron chi connectivity index (χ1n) is 8.82. The Morgan fingerprint density at radius 3 is 2.81 bits per heavy atom. The van der Waals surface area contributed by atoms with Crippen LogP contribution in [0.25, 0.3) is 0 Å². The fourth-order valence-electron chi connectivity index (χ4n) is 4.36. The van der Waals surface area contributed by atoms with Crippen LogP contribution in [0.5, 0.6) is 0 Å². The van der Waals surface area contributed by atoms with E-state index in [1.807, 2.05) is 37.2 Å². The molecule has 1 fully saturated rings. The van der Waals surface area contributed by atoms with Crippen molar-refractivity contribution in [2.45, 2.75) is 32.6 Å². The molecule has 0 radical (unpaired) electrons. The molecule has 2 heterocycles. The summed E-state index contributed by atoms with van der Waals surface area (Å²) in [7, 11) is 1.86. The average Bonchev–Trinajstić information content (AvgIpc) is 3.13. The van der Waals surface area contributed by atoms with Crippen molar-refractivity contribution in [1.82, 2.24) is 15.3 Å². The molecule has 2 N–H and O–H groups in total. The summed E-state index contributed by atoms with van der Waals surface area (Å²) in [6.45, 7) is 2.64. The zero-order valence-electron chi connectivity index (χ0n) is 15.0. The monoisotopic (exact) mass is 354 g/mol. The van der Waals surface area contributed by atoms with Gasteiger partial charge in [0, 0.05) is 25.4 Å². The minimum atomic E-state index is -0.511. The van der Waals surface area contributed by atoms with Crippen molar-refractivity contribution in [3.05, 3.63) is 46.8 Å². The van der Waals surface area contributed by atoms with Crippen LogP contribution in [0.3, 0.4) is 0 Å². The summed E-state index contributed by atoms with van der Waals surface area (Å²) < 4.78 is 1.74. The summed E-state index contributed by atoms with van der Waals surface area (Å²) in [6.07, 6.45) is 4.96. The molecule has 2 amide bonds. The molecular formula is C19H22N4O3. The van der Waals surface area contributed by atoms with Gasteiger partial charge in [-0.3, -0.25) is 19.5 Å². The van der Waals surface area contributed by atoms with Gasteiger partial charge >= 0.3 is 0 Å². The Balaban J connectivity index is 1.61. The molecule has 1 aromatic carbocycles. The normalized spacial score (nSPS) is 22.0. The number of carbonyl (C=O) groups is 2. The number of nitrogens with one attached hydrogen (secondary N) is 1. The topological polar surface area (TPSA) is 87.5 Å². The smallest absolute Gasteiger partial charge is 0.274 e. The minimum absolute atomic E-state index is 0.177. The summed E-state index contributed by atoms with van der Waals surface area (Å²) in [4.78, 5) is 26.7. The standard InChI is InChI=1S/C19H22N4O3/c1-12-16(11-22(2)20-12)23-8-7-19(18(23)25)6-5-13-9-14(17(24)21-26)3-4-15(13)10-19/h3-4,9,11,26H,5-8,10H2,1-2H3,(H,21,24)/t19-/m0/s1. The minimum Gasteiger partial charge on any atom is -0.309 e. The Labute approximate surface area is 151 Å². The fraction of sp³-hybridized carbons (Fsp3) is 0.421. The number of hydrogen-bond acceptors (Lipinski definition) is 4. The van der Waals surface area contributed by atoms with Crippen molar-refractivity contribution in [3.8, 4) is 0 Å². The van der Waals surface area contributed by atoms with E-state index in [0.717, 1.165) is 41.8 Å². The van der Waals surface area contributed by atoms with E-state index in [0.29, 0.717) is 18.5 Å². The molecule has 0 unspecified atom stereocenters. The van der Waals surface area contributed by atoms with Gasteiger partial charge < -0.3 is 4.90 Å². The second kappa shape index (κ2) is 5.95. The van der Waals surface area contributed by atoms with Gasteiger partial charge in [0.05, 0.1) is 16.8 Å². The zero-order chi connectivity index (χ0) is 18.5. The number of benzene rings is 1. The number of anilines is 1. The van der Waals surface area contributed by atoms with Crippen molar-refractivity contribution in [2.75, 3.05) is 11.4 Å². The third-order valence-electron chi connectivity index (χ3n) is 5.76. The number of hydrogen-bond donors (Lipinski definition) is 2. The first-order valence-corrected chi connectivity index (χ1v) is 8.82. The van der Waals surface area contributed by atoms with Gasteiger partial charge in [-0.2, -0.15) is 5.10 Å². The summed E-state index contributed by atoms with van der Waals surface area (Å²) in [5.41, 5.74) is 5.71. The molecule has 7 heteroatoms. The molecule has 1 aliphatic carbocycles. The van der Waals surface area contributed by atoms with Crippen LogP contribution in [0, 0.1) is 12.3 Å². The summed E-state index contributed by atoms with van der Waals surface area (Å²) in [5.74, 6) is -0.334. The van der Waals surface area contributed by atoms with Crippen LogP contribution in [0.2, 0.25) is 0 Å². The number of hydroxylamine groups is 1. The maximum absolute atomic E-state index is 13.3. The Bertz CT molecular complexity index is 904. The van der Waals surface area contributed by atoms with Crippen LogP contribution in [-0.2, 0) is 24.7 Å². The van der Waals surface area contributed by atoms with E-state index in [9.17, 15) is 9.59 Å². The first-order chi connectivity index (χ1) is 12.4. The van der Waals surface area contributed by atoms with Crippen molar-refractivity contribution in [1.29, 1.82) is 0 Å². The lowest BCUT2D eigenvalue weighted by atomic mass is 9.70. The Kier molecular flexibility index (Phi) is 3.84. The molecule has 1 atom stereocenters. The molecule has 136 valence electrons. The van der Waals surface area contributed by atoms with E-state index < -0.39 is 5.91 Å². The van der Waals surface area contributed by atoms with E-state index in [2.05, 4.69) is 5.10 Å². The molecule has 2 aliphatic rings. The lowest BCUT2D eigenvalue weighted by Gasteiger charge is -2.33. The predicted molar refractivity (Wildman–Crippen MR) is 95.1 cm³/mol. The van der Waals surface area contributed by atoms with Gasteiger partial charge in [0.15, 0.2) is 0 Å². The van der Waals surface area contributed by atoms with Gasteiger partial charge in [-0.15, -0.1) is 0 Å². The quantitative estimate of drug-likeness (QED) is 0.635. The maximum atomic E-state index is 13.3. The van der Waals surface area contributed by atoms with Crippen LogP contribution < -0.4 is 10.4 Å². The van der Waals surface area contributed by atoms with E-state index in [-0.39, 0.29) is 11.3 Å². The van der Waals surface area contributed by atoms with Crippen LogP contribution in [0.1, 0.15) is 40.0 Å². The van der Waals surface area contributed by atoms with E-state index in [1.165, 1.54) is 0 Å². The average molecular weight is 354 g/mol. The summed E-state index contributed by atoms with van der Waals surface area (Å²) >= 11 is 0. The molecule has 1 aliphatic heterocycles. The lowest BCUT2D eigenvalue weighted by molar-refractivity contribution is -0.126. The Hall–Kier alpha value is -2.67. The van der Waals surface area contributed by atoms with Gasteiger partial charge in [0.1, 0.15) is 0 Å². The summed E-state index contributed by atoms with van der Waals surface area (Å²) in [5, 5.41) is 13.2. The first kappa shape index (κ1) is 16.8. The highest BCUT2D eigenvalue weighted by atomic mass is 16.5. The highest BCUT2D eigenvalue weighted by Crippen LogP contribution is 2.45. The molecule has 2 aromatic rings. The zero-order valence-corrected chi connectivity index (χ0v) is 15.0. The third-order valence-corrected chi connectivity index (χ3v) is 5.76. The molecule has 7 nitrogen and oxygen atoms in total. The van der Waals surface area contributed by atoms with E-state index >= 15 is 0 Å². The van der Waals surface area contributed by atoms with Gasteiger partial charge in [0.25, 0.3) is 5.91 Å². The predicted octanol–water partition coefficient (Wildman–Crippen LogP) is 1.76. The molecule has 1 spiro atoms. The number of carbonyl (C=O) groups excluding carboxylic acids is 2. The fourth-order valence-corrected chi connectivity index (χ4v) is 4.36. The highest BCUT2D eigenvalue weighted by molar-refractivity contribution is 6.00.